The Morgan fingerprint density at radius 1 is 1.41 bits per heavy atom. The fourth-order valence-corrected chi connectivity index (χ4v) is 2.57. The van der Waals surface area contributed by atoms with Crippen molar-refractivity contribution < 1.29 is 14.1 Å². The predicted molar refractivity (Wildman–Crippen MR) is 63.9 cm³/mol. The number of hydrogen-bond acceptors (Lipinski definition) is 5. The summed E-state index contributed by atoms with van der Waals surface area (Å²) in [5, 5.41) is 3.76. The van der Waals surface area contributed by atoms with Crippen LogP contribution in [0, 0.1) is 20.8 Å². The molecule has 0 unspecified atom stereocenters. The zero-order valence-electron chi connectivity index (χ0n) is 9.73. The fraction of sp³-hybridized carbons (Fsp3) is 0.250. The summed E-state index contributed by atoms with van der Waals surface area (Å²) in [6.45, 7) is 5.25. The first-order chi connectivity index (χ1) is 8.04. The molecule has 0 amide bonds. The second kappa shape index (κ2) is 4.25. The van der Waals surface area contributed by atoms with E-state index in [1.807, 2.05) is 6.92 Å². The summed E-state index contributed by atoms with van der Waals surface area (Å²) in [4.78, 5) is 24.4. The van der Waals surface area contributed by atoms with Crippen LogP contribution in [0.15, 0.2) is 10.6 Å². The number of aromatic nitrogens is 1. The van der Waals surface area contributed by atoms with Crippen LogP contribution in [0.3, 0.4) is 0 Å². The maximum Gasteiger partial charge on any atom is 0.199 e. The monoisotopic (exact) mass is 249 g/mol. The zero-order chi connectivity index (χ0) is 12.6. The lowest BCUT2D eigenvalue weighted by Gasteiger charge is -1.98. The molecule has 0 radical (unpaired) electrons. The summed E-state index contributed by atoms with van der Waals surface area (Å²) < 4.78 is 4.97. The Hall–Kier alpha value is -1.75. The van der Waals surface area contributed by atoms with E-state index in [1.54, 1.807) is 19.9 Å². The van der Waals surface area contributed by atoms with Gasteiger partial charge in [0.25, 0.3) is 0 Å². The number of rotatable bonds is 3. The molecule has 88 valence electrons. The van der Waals surface area contributed by atoms with Gasteiger partial charge in [-0.3, -0.25) is 9.59 Å². The first-order valence-electron chi connectivity index (χ1n) is 5.07. The van der Waals surface area contributed by atoms with E-state index < -0.39 is 0 Å². The Labute approximate surface area is 102 Å². The molecule has 0 N–H and O–H groups in total. The Balaban J connectivity index is 2.50. The van der Waals surface area contributed by atoms with Crippen molar-refractivity contribution in [3.63, 3.8) is 0 Å². The van der Waals surface area contributed by atoms with Gasteiger partial charge in [-0.25, -0.2) is 0 Å². The minimum absolute atomic E-state index is 0.136. The van der Waals surface area contributed by atoms with E-state index in [-0.39, 0.29) is 5.78 Å². The van der Waals surface area contributed by atoms with E-state index in [1.165, 1.54) is 11.3 Å². The smallest absolute Gasteiger partial charge is 0.199 e. The topological polar surface area (TPSA) is 60.2 Å². The molecule has 17 heavy (non-hydrogen) atoms. The molecule has 0 aliphatic carbocycles. The number of aryl methyl sites for hydroxylation is 3. The van der Waals surface area contributed by atoms with Gasteiger partial charge in [0.05, 0.1) is 16.1 Å². The molecular weight excluding hydrogens is 238 g/mol. The van der Waals surface area contributed by atoms with E-state index >= 15 is 0 Å². The molecule has 2 aromatic rings. The molecule has 2 heterocycles. The minimum atomic E-state index is -0.136. The van der Waals surface area contributed by atoms with Crippen LogP contribution in [-0.2, 0) is 0 Å². The number of thiophene rings is 1. The number of carbonyl (C=O) groups is 2. The van der Waals surface area contributed by atoms with Gasteiger partial charge in [0.1, 0.15) is 5.76 Å². The summed E-state index contributed by atoms with van der Waals surface area (Å²) in [6.07, 6.45) is 0.752. The first kappa shape index (κ1) is 11.7. The van der Waals surface area contributed by atoms with Gasteiger partial charge in [0.2, 0.25) is 0 Å². The molecule has 0 fully saturated rings. The minimum Gasteiger partial charge on any atom is -0.361 e. The molecule has 0 aliphatic heterocycles. The summed E-state index contributed by atoms with van der Waals surface area (Å²) in [5.74, 6) is 0.369. The van der Waals surface area contributed by atoms with Crippen molar-refractivity contribution in [2.75, 3.05) is 0 Å². The molecular formula is C12H11NO3S. The molecule has 0 saturated heterocycles. The molecule has 0 bridgehead atoms. The Kier molecular flexibility index (Phi) is 2.93. The van der Waals surface area contributed by atoms with Gasteiger partial charge in [-0.05, 0) is 26.8 Å². The quantitative estimate of drug-likeness (QED) is 0.620. The van der Waals surface area contributed by atoms with Crippen LogP contribution >= 0.6 is 11.3 Å². The molecule has 0 aromatic carbocycles. The maximum absolute atomic E-state index is 12.3. The molecule has 5 heteroatoms. The van der Waals surface area contributed by atoms with Gasteiger partial charge in [0, 0.05) is 10.4 Å². The third kappa shape index (κ3) is 1.93. The number of ketones is 1. The molecule has 2 rings (SSSR count). The molecule has 4 nitrogen and oxygen atoms in total. The molecule has 2 aromatic heterocycles. The molecule has 0 saturated carbocycles. The number of carbonyl (C=O) groups excluding carboxylic acids is 2. The zero-order valence-corrected chi connectivity index (χ0v) is 10.6. The number of nitrogens with zero attached hydrogens (tertiary/aromatic N) is 1. The lowest BCUT2D eigenvalue weighted by atomic mass is 10.0. The van der Waals surface area contributed by atoms with Crippen LogP contribution in [0.2, 0.25) is 0 Å². The van der Waals surface area contributed by atoms with Crippen LogP contribution in [0.5, 0.6) is 0 Å². The average Bonchev–Trinajstić information content (AvgIpc) is 2.82. The standard InChI is InChI=1S/C12H11NO3S/c1-6-11(7(2)16-13-6)12(15)10-4-9(5-14)17-8(10)3/h4-5H,1-3H3. The average molecular weight is 249 g/mol. The van der Waals surface area contributed by atoms with E-state index in [0.29, 0.717) is 27.5 Å². The van der Waals surface area contributed by atoms with Crippen molar-refractivity contribution in [2.45, 2.75) is 20.8 Å². The fourth-order valence-electron chi connectivity index (χ4n) is 1.73. The highest BCUT2D eigenvalue weighted by Crippen LogP contribution is 2.25. The largest absolute Gasteiger partial charge is 0.361 e. The first-order valence-corrected chi connectivity index (χ1v) is 5.89. The van der Waals surface area contributed by atoms with Crippen LogP contribution < -0.4 is 0 Å². The van der Waals surface area contributed by atoms with Crippen molar-refractivity contribution in [1.29, 1.82) is 0 Å². The van der Waals surface area contributed by atoms with Crippen LogP contribution in [0.4, 0.5) is 0 Å². The van der Waals surface area contributed by atoms with E-state index in [4.69, 9.17) is 4.52 Å². The second-order valence-corrected chi connectivity index (χ2v) is 5.05. The summed E-state index contributed by atoms with van der Waals surface area (Å²) in [5.41, 5.74) is 1.61. The Bertz CT molecular complexity index is 575. The highest BCUT2D eigenvalue weighted by molar-refractivity contribution is 7.14. The van der Waals surface area contributed by atoms with Gasteiger partial charge >= 0.3 is 0 Å². The van der Waals surface area contributed by atoms with Gasteiger partial charge < -0.3 is 4.52 Å². The van der Waals surface area contributed by atoms with Crippen LogP contribution in [0.1, 0.15) is 41.9 Å². The highest BCUT2D eigenvalue weighted by atomic mass is 32.1. The van der Waals surface area contributed by atoms with Gasteiger partial charge in [-0.1, -0.05) is 5.16 Å². The lowest BCUT2D eigenvalue weighted by molar-refractivity contribution is 0.103. The van der Waals surface area contributed by atoms with E-state index in [2.05, 4.69) is 5.16 Å². The molecule has 0 atom stereocenters. The van der Waals surface area contributed by atoms with E-state index in [9.17, 15) is 9.59 Å². The van der Waals surface area contributed by atoms with E-state index in [0.717, 1.165) is 11.2 Å². The predicted octanol–water partition coefficient (Wildman–Crippen LogP) is 2.70. The van der Waals surface area contributed by atoms with Crippen molar-refractivity contribution in [1.82, 2.24) is 5.16 Å². The summed E-state index contributed by atoms with van der Waals surface area (Å²) in [6, 6.07) is 1.61. The lowest BCUT2D eigenvalue weighted by Crippen LogP contribution is -2.03. The van der Waals surface area contributed by atoms with Crippen molar-refractivity contribution in [3.8, 4) is 0 Å². The highest BCUT2D eigenvalue weighted by Gasteiger charge is 2.22. The SMILES string of the molecule is Cc1noc(C)c1C(=O)c1cc(C=O)sc1C. The Morgan fingerprint density at radius 3 is 2.59 bits per heavy atom. The number of hydrogen-bond donors (Lipinski definition) is 0. The van der Waals surface area contributed by atoms with Gasteiger partial charge in [0.15, 0.2) is 12.1 Å². The van der Waals surface area contributed by atoms with Gasteiger partial charge in [-0.15, -0.1) is 11.3 Å². The third-order valence-electron chi connectivity index (χ3n) is 2.56. The Morgan fingerprint density at radius 2 is 2.12 bits per heavy atom. The number of aldehydes is 1. The van der Waals surface area contributed by atoms with Crippen molar-refractivity contribution in [3.05, 3.63) is 38.4 Å². The van der Waals surface area contributed by atoms with Crippen LogP contribution in [0.25, 0.3) is 0 Å². The summed E-state index contributed by atoms with van der Waals surface area (Å²) >= 11 is 1.31. The van der Waals surface area contributed by atoms with Gasteiger partial charge in [-0.2, -0.15) is 0 Å². The molecule has 0 spiro atoms. The van der Waals surface area contributed by atoms with Crippen molar-refractivity contribution >= 4 is 23.4 Å². The van der Waals surface area contributed by atoms with Crippen molar-refractivity contribution in [2.24, 2.45) is 0 Å². The second-order valence-electron chi connectivity index (χ2n) is 3.76. The summed E-state index contributed by atoms with van der Waals surface area (Å²) in [7, 11) is 0. The molecule has 0 aliphatic rings. The maximum atomic E-state index is 12.3. The normalized spacial score (nSPS) is 10.5. The van der Waals surface area contributed by atoms with Crippen LogP contribution in [-0.4, -0.2) is 17.2 Å². The third-order valence-corrected chi connectivity index (χ3v) is 3.53.